The first-order chi connectivity index (χ1) is 12.4. The maximum Gasteiger partial charge on any atom is 0.237 e. The van der Waals surface area contributed by atoms with E-state index in [1.54, 1.807) is 35.6 Å². The van der Waals surface area contributed by atoms with Crippen molar-refractivity contribution < 1.29 is 4.79 Å². The van der Waals surface area contributed by atoms with Crippen LogP contribution in [-0.2, 0) is 4.79 Å². The summed E-state index contributed by atoms with van der Waals surface area (Å²) in [5, 5.41) is 13.3. The number of hydrogen-bond acceptors (Lipinski definition) is 6. The van der Waals surface area contributed by atoms with E-state index in [1.807, 2.05) is 13.8 Å². The molecule has 0 aliphatic heterocycles. The minimum atomic E-state index is -0.317. The van der Waals surface area contributed by atoms with Crippen molar-refractivity contribution in [2.24, 2.45) is 0 Å². The zero-order chi connectivity index (χ0) is 18.8. The molecule has 3 rings (SSSR count). The van der Waals surface area contributed by atoms with Crippen molar-refractivity contribution >= 4 is 44.9 Å². The van der Waals surface area contributed by atoms with Crippen molar-refractivity contribution in [1.29, 1.82) is 5.26 Å². The van der Waals surface area contributed by atoms with Gasteiger partial charge in [0.2, 0.25) is 5.91 Å². The maximum atomic E-state index is 12.5. The number of amides is 1. The molecule has 1 atom stereocenters. The monoisotopic (exact) mass is 382 g/mol. The highest BCUT2D eigenvalue weighted by Crippen LogP contribution is 2.36. The normalized spacial score (nSPS) is 12.0. The molecule has 0 radical (unpaired) electrons. The molecule has 0 fully saturated rings. The van der Waals surface area contributed by atoms with Crippen LogP contribution in [0.4, 0.5) is 5.69 Å². The van der Waals surface area contributed by atoms with Crippen molar-refractivity contribution in [2.45, 2.75) is 38.0 Å². The summed E-state index contributed by atoms with van der Waals surface area (Å²) >= 11 is 3.10. The van der Waals surface area contributed by atoms with Crippen LogP contribution in [0.25, 0.3) is 10.2 Å². The van der Waals surface area contributed by atoms with E-state index in [0.29, 0.717) is 17.1 Å². The van der Waals surface area contributed by atoms with Crippen molar-refractivity contribution in [3.63, 3.8) is 0 Å². The molecule has 5 nitrogen and oxygen atoms in total. The highest BCUT2D eigenvalue weighted by atomic mass is 32.2. The molecule has 0 aliphatic rings. The lowest BCUT2D eigenvalue weighted by atomic mass is 10.2. The average molecular weight is 383 g/mol. The standard InChI is InChI=1S/C19H18N4OS2/c1-10-11(2)25-18-16(10)19(22-13(4)21-18)26-12(3)17(24)23-15-7-5-14(9-20)6-8-15/h5-8,12H,1-4H3,(H,23,24)/t12-/m0/s1. The Morgan fingerprint density at radius 3 is 2.58 bits per heavy atom. The molecule has 1 N–H and O–H groups in total. The highest BCUT2D eigenvalue weighted by Gasteiger charge is 2.20. The van der Waals surface area contributed by atoms with Crippen molar-refractivity contribution in [1.82, 2.24) is 9.97 Å². The van der Waals surface area contributed by atoms with E-state index in [9.17, 15) is 4.79 Å². The zero-order valence-electron chi connectivity index (χ0n) is 15.0. The van der Waals surface area contributed by atoms with Crippen molar-refractivity contribution in [2.75, 3.05) is 5.32 Å². The number of anilines is 1. The summed E-state index contributed by atoms with van der Waals surface area (Å²) < 4.78 is 0. The van der Waals surface area contributed by atoms with Gasteiger partial charge in [0.25, 0.3) is 0 Å². The molecular formula is C19H18N4OS2. The fourth-order valence-corrected chi connectivity index (χ4v) is 4.69. The van der Waals surface area contributed by atoms with E-state index in [1.165, 1.54) is 22.2 Å². The van der Waals surface area contributed by atoms with Crippen LogP contribution in [0, 0.1) is 32.1 Å². The Morgan fingerprint density at radius 1 is 1.23 bits per heavy atom. The molecule has 26 heavy (non-hydrogen) atoms. The summed E-state index contributed by atoms with van der Waals surface area (Å²) in [5.41, 5.74) is 2.41. The van der Waals surface area contributed by atoms with Crippen LogP contribution >= 0.6 is 23.1 Å². The molecule has 3 aromatic rings. The van der Waals surface area contributed by atoms with Gasteiger partial charge >= 0.3 is 0 Å². The molecule has 0 saturated heterocycles. The van der Waals surface area contributed by atoms with Crippen LogP contribution in [0.15, 0.2) is 29.3 Å². The lowest BCUT2D eigenvalue weighted by Gasteiger charge is -2.13. The van der Waals surface area contributed by atoms with Crippen LogP contribution in [-0.4, -0.2) is 21.1 Å². The largest absolute Gasteiger partial charge is 0.325 e. The van der Waals surface area contributed by atoms with Gasteiger partial charge in [-0.05, 0) is 57.5 Å². The second kappa shape index (κ2) is 7.44. The number of carbonyl (C=O) groups excluding carboxylic acids is 1. The second-order valence-electron chi connectivity index (χ2n) is 5.98. The predicted molar refractivity (Wildman–Crippen MR) is 107 cm³/mol. The first kappa shape index (κ1) is 18.4. The van der Waals surface area contributed by atoms with E-state index in [4.69, 9.17) is 5.26 Å². The van der Waals surface area contributed by atoms with Crippen LogP contribution in [0.5, 0.6) is 0 Å². The maximum absolute atomic E-state index is 12.5. The molecule has 2 heterocycles. The molecule has 0 spiro atoms. The molecule has 0 bridgehead atoms. The van der Waals surface area contributed by atoms with Gasteiger partial charge in [-0.3, -0.25) is 4.79 Å². The van der Waals surface area contributed by atoms with Gasteiger partial charge in [-0.1, -0.05) is 11.8 Å². The number of carbonyl (C=O) groups is 1. The van der Waals surface area contributed by atoms with Crippen LogP contribution in [0.3, 0.4) is 0 Å². The number of aromatic nitrogens is 2. The Hall–Kier alpha value is -2.43. The van der Waals surface area contributed by atoms with E-state index < -0.39 is 0 Å². The number of fused-ring (bicyclic) bond motifs is 1. The van der Waals surface area contributed by atoms with Crippen LogP contribution in [0.2, 0.25) is 0 Å². The van der Waals surface area contributed by atoms with Gasteiger partial charge in [0.05, 0.1) is 16.9 Å². The molecular weight excluding hydrogens is 364 g/mol. The molecule has 0 unspecified atom stereocenters. The topological polar surface area (TPSA) is 78.7 Å². The number of rotatable bonds is 4. The molecule has 0 saturated carbocycles. The molecule has 1 aromatic carbocycles. The number of hydrogen-bond donors (Lipinski definition) is 1. The molecule has 0 aliphatic carbocycles. The van der Waals surface area contributed by atoms with Gasteiger partial charge in [-0.15, -0.1) is 11.3 Å². The highest BCUT2D eigenvalue weighted by molar-refractivity contribution is 8.00. The summed E-state index contributed by atoms with van der Waals surface area (Å²) in [4.78, 5) is 23.8. The lowest BCUT2D eigenvalue weighted by Crippen LogP contribution is -2.22. The van der Waals surface area contributed by atoms with E-state index in [0.717, 1.165) is 15.2 Å². The molecule has 1 amide bonds. The van der Waals surface area contributed by atoms with Gasteiger partial charge in [0.1, 0.15) is 15.7 Å². The zero-order valence-corrected chi connectivity index (χ0v) is 16.6. The third-order valence-electron chi connectivity index (χ3n) is 4.05. The van der Waals surface area contributed by atoms with Gasteiger partial charge in [0.15, 0.2) is 0 Å². The fourth-order valence-electron chi connectivity index (χ4n) is 2.49. The Kier molecular flexibility index (Phi) is 5.25. The molecule has 132 valence electrons. The summed E-state index contributed by atoms with van der Waals surface area (Å²) in [6.45, 7) is 7.88. The minimum Gasteiger partial charge on any atom is -0.325 e. The number of nitrogens with one attached hydrogen (secondary N) is 1. The Morgan fingerprint density at radius 2 is 1.92 bits per heavy atom. The summed E-state index contributed by atoms with van der Waals surface area (Å²) in [6, 6.07) is 8.89. The smallest absolute Gasteiger partial charge is 0.237 e. The first-order valence-electron chi connectivity index (χ1n) is 8.11. The number of nitriles is 1. The Bertz CT molecular complexity index is 1020. The molecule has 2 aromatic heterocycles. The van der Waals surface area contributed by atoms with Crippen molar-refractivity contribution in [3.8, 4) is 6.07 Å². The van der Waals surface area contributed by atoms with Gasteiger partial charge in [-0.2, -0.15) is 5.26 Å². The SMILES string of the molecule is Cc1nc(S[C@@H](C)C(=O)Nc2ccc(C#N)cc2)c2c(C)c(C)sc2n1. The minimum absolute atomic E-state index is 0.103. The summed E-state index contributed by atoms with van der Waals surface area (Å²) in [6.07, 6.45) is 0. The third-order valence-corrected chi connectivity index (χ3v) is 6.23. The summed E-state index contributed by atoms with van der Waals surface area (Å²) in [7, 11) is 0. The lowest BCUT2D eigenvalue weighted by molar-refractivity contribution is -0.115. The average Bonchev–Trinajstić information content (AvgIpc) is 2.89. The van der Waals surface area contributed by atoms with E-state index in [-0.39, 0.29) is 11.2 Å². The van der Waals surface area contributed by atoms with Crippen LogP contribution in [0.1, 0.15) is 28.8 Å². The van der Waals surface area contributed by atoms with E-state index in [2.05, 4.69) is 35.2 Å². The number of benzene rings is 1. The Balaban J connectivity index is 1.80. The first-order valence-corrected chi connectivity index (χ1v) is 9.80. The second-order valence-corrected chi connectivity index (χ2v) is 8.51. The summed E-state index contributed by atoms with van der Waals surface area (Å²) in [5.74, 6) is 0.606. The van der Waals surface area contributed by atoms with E-state index >= 15 is 0 Å². The number of thiophene rings is 1. The third kappa shape index (κ3) is 3.71. The number of aryl methyl sites for hydroxylation is 3. The quantitative estimate of drug-likeness (QED) is 0.527. The van der Waals surface area contributed by atoms with Gasteiger partial charge < -0.3 is 5.32 Å². The van der Waals surface area contributed by atoms with Gasteiger partial charge in [0, 0.05) is 16.0 Å². The van der Waals surface area contributed by atoms with Crippen molar-refractivity contribution in [3.05, 3.63) is 46.1 Å². The number of nitrogens with zero attached hydrogens (tertiary/aromatic N) is 3. The Labute approximate surface area is 160 Å². The number of thioether (sulfide) groups is 1. The fraction of sp³-hybridized carbons (Fsp3) is 0.263. The van der Waals surface area contributed by atoms with Gasteiger partial charge in [-0.25, -0.2) is 9.97 Å². The predicted octanol–water partition coefficient (Wildman–Crippen LogP) is 4.61. The van der Waals surface area contributed by atoms with Crippen LogP contribution < -0.4 is 5.32 Å². The molecule has 7 heteroatoms.